The Morgan fingerprint density at radius 2 is 1.88 bits per heavy atom. The van der Waals surface area contributed by atoms with Gasteiger partial charge in [0, 0.05) is 6.10 Å². The van der Waals surface area contributed by atoms with Crippen molar-refractivity contribution < 1.29 is 4.43 Å². The molecule has 0 aromatic heterocycles. The van der Waals surface area contributed by atoms with Gasteiger partial charge in [0.15, 0.2) is 0 Å². The molecule has 1 atom stereocenters. The van der Waals surface area contributed by atoms with Crippen molar-refractivity contribution in [3.63, 3.8) is 0 Å². The fourth-order valence-electron chi connectivity index (χ4n) is 1.50. The van der Waals surface area contributed by atoms with Crippen LogP contribution in [0.3, 0.4) is 0 Å². The minimum Gasteiger partial charge on any atom is -0.411 e. The van der Waals surface area contributed by atoms with E-state index in [1.807, 2.05) is 6.07 Å². The van der Waals surface area contributed by atoms with E-state index < -0.39 is 8.32 Å². The molecule has 0 aliphatic heterocycles. The number of rotatable bonds is 5. The molecule has 0 saturated heterocycles. The van der Waals surface area contributed by atoms with E-state index in [9.17, 15) is 0 Å². The molecule has 0 amide bonds. The molecule has 0 radical (unpaired) electrons. The predicted molar refractivity (Wildman–Crippen MR) is 73.8 cm³/mol. The molecular formula is C14H22OSi. The third-order valence-corrected chi connectivity index (χ3v) is 4.54. The van der Waals surface area contributed by atoms with Gasteiger partial charge < -0.3 is 4.43 Å². The van der Waals surface area contributed by atoms with Crippen LogP contribution in [0.2, 0.25) is 13.1 Å². The maximum atomic E-state index is 6.06. The van der Waals surface area contributed by atoms with Gasteiger partial charge in [-0.05, 0) is 32.0 Å². The molecule has 0 aliphatic rings. The third-order valence-electron chi connectivity index (χ3n) is 2.56. The van der Waals surface area contributed by atoms with Gasteiger partial charge in [0.2, 0.25) is 8.32 Å². The summed E-state index contributed by atoms with van der Waals surface area (Å²) in [6.07, 6.45) is 3.62. The third kappa shape index (κ3) is 4.77. The summed E-state index contributed by atoms with van der Waals surface area (Å²) < 4.78 is 6.06. The maximum Gasteiger partial charge on any atom is 0.211 e. The zero-order valence-electron chi connectivity index (χ0n) is 10.7. The smallest absolute Gasteiger partial charge is 0.211 e. The van der Waals surface area contributed by atoms with E-state index >= 15 is 0 Å². The van der Waals surface area contributed by atoms with Gasteiger partial charge in [-0.15, -0.1) is 0 Å². The van der Waals surface area contributed by atoms with Gasteiger partial charge in [-0.25, -0.2) is 0 Å². The second-order valence-corrected chi connectivity index (χ2v) is 8.46. The van der Waals surface area contributed by atoms with E-state index in [0.29, 0.717) is 6.10 Å². The van der Waals surface area contributed by atoms with E-state index in [1.54, 1.807) is 0 Å². The van der Waals surface area contributed by atoms with E-state index in [0.717, 1.165) is 6.42 Å². The first kappa shape index (κ1) is 13.2. The molecule has 0 fully saturated rings. The van der Waals surface area contributed by atoms with E-state index in [4.69, 9.17) is 4.43 Å². The molecule has 1 nitrogen and oxygen atoms in total. The SMILES string of the molecule is CCC(C)O[Si](C)(C)/C=C/c1ccccc1. The second kappa shape index (κ2) is 6.02. The Morgan fingerprint density at radius 1 is 1.25 bits per heavy atom. The fourth-order valence-corrected chi connectivity index (χ4v) is 3.38. The van der Waals surface area contributed by atoms with Crippen LogP contribution in [-0.4, -0.2) is 14.4 Å². The van der Waals surface area contributed by atoms with Crippen LogP contribution in [-0.2, 0) is 4.43 Å². The van der Waals surface area contributed by atoms with Crippen molar-refractivity contribution in [2.24, 2.45) is 0 Å². The Bertz CT molecular complexity index is 330. The van der Waals surface area contributed by atoms with Crippen LogP contribution in [0.15, 0.2) is 36.0 Å². The van der Waals surface area contributed by atoms with Crippen molar-refractivity contribution >= 4 is 14.4 Å². The van der Waals surface area contributed by atoms with E-state index in [2.05, 4.69) is 63.0 Å². The molecule has 0 N–H and O–H groups in total. The predicted octanol–water partition coefficient (Wildman–Crippen LogP) is 4.26. The Hall–Kier alpha value is -0.863. The van der Waals surface area contributed by atoms with Crippen LogP contribution >= 0.6 is 0 Å². The van der Waals surface area contributed by atoms with Crippen LogP contribution in [0.4, 0.5) is 0 Å². The minimum atomic E-state index is -1.65. The molecule has 1 rings (SSSR count). The summed E-state index contributed by atoms with van der Waals surface area (Å²) in [5, 5.41) is 0. The molecule has 0 saturated carbocycles. The van der Waals surface area contributed by atoms with Crippen molar-refractivity contribution in [2.75, 3.05) is 0 Å². The Labute approximate surface area is 100 Å². The van der Waals surface area contributed by atoms with Crippen LogP contribution < -0.4 is 0 Å². The normalized spacial score (nSPS) is 14.2. The van der Waals surface area contributed by atoms with E-state index in [-0.39, 0.29) is 0 Å². The lowest BCUT2D eigenvalue weighted by Crippen LogP contribution is -2.32. The molecule has 1 unspecified atom stereocenters. The molecule has 0 bridgehead atoms. The van der Waals surface area contributed by atoms with Gasteiger partial charge in [-0.3, -0.25) is 0 Å². The standard InChI is InChI=1S/C14H22OSi/c1-5-13(2)15-16(3,4)12-11-14-9-7-6-8-10-14/h6-13H,5H2,1-4H3/b12-11+. The van der Waals surface area contributed by atoms with Crippen LogP contribution in [0, 0.1) is 0 Å². The number of benzene rings is 1. The van der Waals surface area contributed by atoms with Crippen molar-refractivity contribution in [3.05, 3.63) is 41.6 Å². The van der Waals surface area contributed by atoms with Gasteiger partial charge >= 0.3 is 0 Å². The molecule has 88 valence electrons. The monoisotopic (exact) mass is 234 g/mol. The zero-order chi connectivity index (χ0) is 12.0. The minimum absolute atomic E-state index is 0.363. The summed E-state index contributed by atoms with van der Waals surface area (Å²) in [4.78, 5) is 0. The summed E-state index contributed by atoms with van der Waals surface area (Å²) in [6, 6.07) is 10.4. The maximum absolute atomic E-state index is 6.06. The fraction of sp³-hybridized carbons (Fsp3) is 0.429. The first-order chi connectivity index (χ1) is 7.53. The van der Waals surface area contributed by atoms with Crippen LogP contribution in [0.5, 0.6) is 0 Å². The molecule has 1 aromatic carbocycles. The van der Waals surface area contributed by atoms with E-state index in [1.165, 1.54) is 5.56 Å². The van der Waals surface area contributed by atoms with Gasteiger partial charge in [0.1, 0.15) is 0 Å². The number of hydrogen-bond acceptors (Lipinski definition) is 1. The largest absolute Gasteiger partial charge is 0.411 e. The van der Waals surface area contributed by atoms with Crippen LogP contribution in [0.1, 0.15) is 25.8 Å². The zero-order valence-corrected chi connectivity index (χ0v) is 11.7. The highest BCUT2D eigenvalue weighted by Gasteiger charge is 2.20. The Kier molecular flexibility index (Phi) is 4.96. The molecule has 2 heteroatoms. The molecular weight excluding hydrogens is 212 g/mol. The lowest BCUT2D eigenvalue weighted by Gasteiger charge is -2.23. The van der Waals surface area contributed by atoms with Crippen molar-refractivity contribution in [3.8, 4) is 0 Å². The average Bonchev–Trinajstić information content (AvgIpc) is 2.27. The highest BCUT2D eigenvalue weighted by Crippen LogP contribution is 2.13. The van der Waals surface area contributed by atoms with Crippen LogP contribution in [0.25, 0.3) is 6.08 Å². The lowest BCUT2D eigenvalue weighted by atomic mass is 10.2. The lowest BCUT2D eigenvalue weighted by molar-refractivity contribution is 0.212. The second-order valence-electron chi connectivity index (χ2n) is 4.68. The molecule has 1 aromatic rings. The van der Waals surface area contributed by atoms with Crippen molar-refractivity contribution in [1.29, 1.82) is 0 Å². The summed E-state index contributed by atoms with van der Waals surface area (Å²) in [7, 11) is -1.65. The molecule has 16 heavy (non-hydrogen) atoms. The van der Waals surface area contributed by atoms with Crippen molar-refractivity contribution in [1.82, 2.24) is 0 Å². The summed E-state index contributed by atoms with van der Waals surface area (Å²) in [6.45, 7) is 8.78. The van der Waals surface area contributed by atoms with Crippen molar-refractivity contribution in [2.45, 2.75) is 39.5 Å². The van der Waals surface area contributed by atoms with Gasteiger partial charge in [0.05, 0.1) is 0 Å². The average molecular weight is 234 g/mol. The van der Waals surface area contributed by atoms with Gasteiger partial charge in [0.25, 0.3) is 0 Å². The Balaban J connectivity index is 2.61. The summed E-state index contributed by atoms with van der Waals surface area (Å²) in [5.41, 5.74) is 3.50. The summed E-state index contributed by atoms with van der Waals surface area (Å²) >= 11 is 0. The molecule has 0 heterocycles. The first-order valence-electron chi connectivity index (χ1n) is 5.95. The topological polar surface area (TPSA) is 9.23 Å². The van der Waals surface area contributed by atoms with Gasteiger partial charge in [-0.1, -0.05) is 49.0 Å². The van der Waals surface area contributed by atoms with Gasteiger partial charge in [-0.2, -0.15) is 0 Å². The molecule has 0 spiro atoms. The number of hydrogen-bond donors (Lipinski definition) is 0. The molecule has 0 aliphatic carbocycles. The Morgan fingerprint density at radius 3 is 2.44 bits per heavy atom. The summed E-state index contributed by atoms with van der Waals surface area (Å²) in [5.74, 6) is 0. The highest BCUT2D eigenvalue weighted by molar-refractivity contribution is 6.76. The highest BCUT2D eigenvalue weighted by atomic mass is 28.4. The first-order valence-corrected chi connectivity index (χ1v) is 8.94. The quantitative estimate of drug-likeness (QED) is 0.692.